The minimum atomic E-state index is 0.129. The van der Waals surface area contributed by atoms with Gasteiger partial charge in [-0.25, -0.2) is 0 Å². The molecular weight excluding hydrogens is 204 g/mol. The molecule has 0 N–H and O–H groups in total. The van der Waals surface area contributed by atoms with Crippen LogP contribution in [0.2, 0.25) is 0 Å². The quantitative estimate of drug-likeness (QED) is 0.719. The van der Waals surface area contributed by atoms with Crippen molar-refractivity contribution in [2.75, 3.05) is 0 Å². The molecule has 0 saturated heterocycles. The smallest absolute Gasteiger partial charge is 0.0197 e. The van der Waals surface area contributed by atoms with E-state index in [4.69, 9.17) is 0 Å². The van der Waals surface area contributed by atoms with Crippen LogP contribution in [0, 0.1) is 12.1 Å². The molecule has 2 aromatic rings. The third kappa shape index (κ3) is 2.12. The first-order valence-corrected chi connectivity index (χ1v) is 6.26. The summed E-state index contributed by atoms with van der Waals surface area (Å²) in [6.07, 6.45) is 2.22. The van der Waals surface area contributed by atoms with Gasteiger partial charge in [0.1, 0.15) is 0 Å². The number of hydrogen-bond acceptors (Lipinski definition) is 0. The number of hydrogen-bond donors (Lipinski definition) is 0. The van der Waals surface area contributed by atoms with E-state index in [-0.39, 0.29) is 5.41 Å². The van der Waals surface area contributed by atoms with Crippen molar-refractivity contribution in [2.45, 2.75) is 32.1 Å². The molecule has 0 bridgehead atoms. The van der Waals surface area contributed by atoms with Crippen LogP contribution in [0.5, 0.6) is 0 Å². The Kier molecular flexibility index (Phi) is 3.63. The van der Waals surface area contributed by atoms with Crippen molar-refractivity contribution < 1.29 is 0 Å². The van der Waals surface area contributed by atoms with E-state index < -0.39 is 0 Å². The summed E-state index contributed by atoms with van der Waals surface area (Å²) < 4.78 is 0. The molecule has 0 fully saturated rings. The first kappa shape index (κ1) is 11.9. The van der Waals surface area contributed by atoms with Crippen molar-refractivity contribution >= 4 is 0 Å². The van der Waals surface area contributed by atoms with Crippen LogP contribution in [0.4, 0.5) is 0 Å². The third-order valence-corrected chi connectivity index (χ3v) is 3.75. The second kappa shape index (κ2) is 5.18. The second-order valence-corrected chi connectivity index (χ2v) is 4.37. The predicted molar refractivity (Wildman–Crippen MR) is 71.9 cm³/mol. The van der Waals surface area contributed by atoms with Gasteiger partial charge in [0, 0.05) is 5.41 Å². The Morgan fingerprint density at radius 3 is 1.41 bits per heavy atom. The van der Waals surface area contributed by atoms with E-state index in [2.05, 4.69) is 50.2 Å². The molecule has 86 valence electrons. The summed E-state index contributed by atoms with van der Waals surface area (Å²) in [6, 6.07) is 23.0. The number of benzene rings is 2. The molecule has 0 amide bonds. The van der Waals surface area contributed by atoms with E-state index in [1.54, 1.807) is 0 Å². The van der Waals surface area contributed by atoms with E-state index in [0.29, 0.717) is 0 Å². The Bertz CT molecular complexity index is 396. The highest BCUT2D eigenvalue weighted by molar-refractivity contribution is 5.38. The van der Waals surface area contributed by atoms with E-state index >= 15 is 0 Å². The van der Waals surface area contributed by atoms with Gasteiger partial charge in [0.05, 0.1) is 0 Å². The maximum atomic E-state index is 3.10. The normalized spacial score (nSPS) is 11.4. The van der Waals surface area contributed by atoms with Gasteiger partial charge in [-0.3, -0.25) is 0 Å². The lowest BCUT2D eigenvalue weighted by Crippen LogP contribution is -2.25. The van der Waals surface area contributed by atoms with Gasteiger partial charge in [-0.15, -0.1) is 0 Å². The molecule has 17 heavy (non-hydrogen) atoms. The fraction of sp³-hybridized carbons (Fsp3) is 0.294. The van der Waals surface area contributed by atoms with Crippen LogP contribution in [0.3, 0.4) is 0 Å². The second-order valence-electron chi connectivity index (χ2n) is 4.37. The minimum Gasteiger partial charge on any atom is -0.0642 e. The molecule has 0 atom stereocenters. The van der Waals surface area contributed by atoms with Gasteiger partial charge in [-0.2, -0.15) is 0 Å². The first-order valence-electron chi connectivity index (χ1n) is 6.26. The van der Waals surface area contributed by atoms with Crippen LogP contribution in [-0.2, 0) is 5.41 Å². The van der Waals surface area contributed by atoms with E-state index in [1.165, 1.54) is 11.1 Å². The zero-order valence-electron chi connectivity index (χ0n) is 10.5. The van der Waals surface area contributed by atoms with Crippen molar-refractivity contribution in [1.29, 1.82) is 0 Å². The lowest BCUT2D eigenvalue weighted by Gasteiger charge is -2.33. The van der Waals surface area contributed by atoms with E-state index in [1.807, 2.05) is 24.3 Å². The minimum absolute atomic E-state index is 0.129. The summed E-state index contributed by atoms with van der Waals surface area (Å²) in [7, 11) is 0. The highest BCUT2D eigenvalue weighted by Gasteiger charge is 2.29. The predicted octanol–water partition coefficient (Wildman–Crippen LogP) is 4.39. The molecule has 0 aliphatic carbocycles. The SMILES string of the molecule is CCC(CC)(c1cc[c]cc1)c1cc[c]cc1. The third-order valence-electron chi connectivity index (χ3n) is 3.75. The molecule has 2 aromatic carbocycles. The molecule has 0 nitrogen and oxygen atoms in total. The molecule has 0 spiro atoms. The molecule has 0 aliphatic heterocycles. The maximum absolute atomic E-state index is 3.10. The van der Waals surface area contributed by atoms with Crippen LogP contribution in [-0.4, -0.2) is 0 Å². The molecule has 0 heteroatoms. The molecule has 0 heterocycles. The monoisotopic (exact) mass is 222 g/mol. The average molecular weight is 222 g/mol. The lowest BCUT2D eigenvalue weighted by atomic mass is 9.71. The molecule has 0 unspecified atom stereocenters. The van der Waals surface area contributed by atoms with Crippen molar-refractivity contribution in [2.24, 2.45) is 0 Å². The topological polar surface area (TPSA) is 0 Å². The van der Waals surface area contributed by atoms with Crippen molar-refractivity contribution in [1.82, 2.24) is 0 Å². The molecule has 0 aliphatic rings. The standard InChI is InChI=1S/C17H18/c1-3-17(4-2,15-11-7-5-8-12-15)16-13-9-6-10-14-16/h7-14H,3-4H2,1-2H3. The van der Waals surface area contributed by atoms with Crippen LogP contribution in [0.15, 0.2) is 48.5 Å². The Balaban J connectivity index is 2.54. The largest absolute Gasteiger partial charge is 0.0642 e. The van der Waals surface area contributed by atoms with Crippen LogP contribution in [0.25, 0.3) is 0 Å². The van der Waals surface area contributed by atoms with Gasteiger partial charge in [0.2, 0.25) is 0 Å². The summed E-state index contributed by atoms with van der Waals surface area (Å²) in [5, 5.41) is 0. The first-order chi connectivity index (χ1) is 8.33. The van der Waals surface area contributed by atoms with Gasteiger partial charge in [0.15, 0.2) is 0 Å². The Morgan fingerprint density at radius 2 is 1.12 bits per heavy atom. The van der Waals surface area contributed by atoms with Crippen LogP contribution in [0.1, 0.15) is 37.8 Å². The van der Waals surface area contributed by atoms with Gasteiger partial charge in [-0.1, -0.05) is 62.4 Å². The van der Waals surface area contributed by atoms with Crippen LogP contribution >= 0.6 is 0 Å². The Labute approximate surface area is 104 Å². The van der Waals surface area contributed by atoms with Gasteiger partial charge >= 0.3 is 0 Å². The number of rotatable bonds is 4. The maximum Gasteiger partial charge on any atom is 0.0197 e. The average Bonchev–Trinajstić information content (AvgIpc) is 2.43. The van der Waals surface area contributed by atoms with Crippen molar-refractivity contribution in [3.63, 3.8) is 0 Å². The van der Waals surface area contributed by atoms with Crippen LogP contribution < -0.4 is 0 Å². The summed E-state index contributed by atoms with van der Waals surface area (Å²) >= 11 is 0. The Hall–Kier alpha value is -1.56. The zero-order chi connectivity index (χ0) is 12.1. The van der Waals surface area contributed by atoms with E-state index in [9.17, 15) is 0 Å². The van der Waals surface area contributed by atoms with Gasteiger partial charge < -0.3 is 0 Å². The van der Waals surface area contributed by atoms with E-state index in [0.717, 1.165) is 12.8 Å². The molecule has 0 aromatic heterocycles. The zero-order valence-corrected chi connectivity index (χ0v) is 10.5. The molecule has 0 saturated carbocycles. The summed E-state index contributed by atoms with van der Waals surface area (Å²) in [6.45, 7) is 4.52. The fourth-order valence-corrected chi connectivity index (χ4v) is 2.65. The van der Waals surface area contributed by atoms with Crippen molar-refractivity contribution in [3.8, 4) is 0 Å². The Morgan fingerprint density at radius 1 is 0.765 bits per heavy atom. The van der Waals surface area contributed by atoms with Gasteiger partial charge in [0.25, 0.3) is 0 Å². The molecular formula is C17H18. The van der Waals surface area contributed by atoms with Gasteiger partial charge in [-0.05, 0) is 36.1 Å². The molecule has 2 rings (SSSR count). The van der Waals surface area contributed by atoms with Crippen molar-refractivity contribution in [3.05, 3.63) is 71.8 Å². The summed E-state index contributed by atoms with van der Waals surface area (Å²) in [4.78, 5) is 0. The molecule has 2 radical (unpaired) electrons. The summed E-state index contributed by atoms with van der Waals surface area (Å²) in [5.41, 5.74) is 2.89. The highest BCUT2D eigenvalue weighted by Crippen LogP contribution is 2.38. The summed E-state index contributed by atoms with van der Waals surface area (Å²) in [5.74, 6) is 0. The highest BCUT2D eigenvalue weighted by atomic mass is 14.3. The fourth-order valence-electron chi connectivity index (χ4n) is 2.65. The lowest BCUT2D eigenvalue weighted by molar-refractivity contribution is 0.478.